The first-order valence-corrected chi connectivity index (χ1v) is 20.8. The molecule has 286 valence electrons. The van der Waals surface area contributed by atoms with E-state index in [0.717, 1.165) is 61.4 Å². The van der Waals surface area contributed by atoms with Gasteiger partial charge in [-0.1, -0.05) is 176 Å². The van der Waals surface area contributed by atoms with Gasteiger partial charge < -0.3 is 13.9 Å². The number of nitrogens with zero attached hydrogens (tertiary/aromatic N) is 2. The van der Waals surface area contributed by atoms with Crippen LogP contribution in [0, 0.1) is 0 Å². The zero-order valence-electron chi connectivity index (χ0n) is 33.2. The smallest absolute Gasteiger partial charge is 0.143 e. The lowest BCUT2D eigenvalue weighted by Crippen LogP contribution is -2.11. The molecule has 12 rings (SSSR count). The van der Waals surface area contributed by atoms with E-state index in [0.29, 0.717) is 0 Å². The number of hydrogen-bond donors (Lipinski definition) is 0. The Kier molecular flexibility index (Phi) is 8.17. The Labute approximate surface area is 353 Å². The Morgan fingerprint density at radius 2 is 0.885 bits per heavy atom. The first kappa shape index (κ1) is 34.9. The van der Waals surface area contributed by atoms with Gasteiger partial charge in [0, 0.05) is 49.6 Å². The van der Waals surface area contributed by atoms with Crippen LogP contribution in [0.25, 0.3) is 93.6 Å². The molecule has 0 aliphatic rings. The van der Waals surface area contributed by atoms with Gasteiger partial charge in [0.25, 0.3) is 0 Å². The summed E-state index contributed by atoms with van der Waals surface area (Å²) in [5.41, 5.74) is 15.3. The average Bonchev–Trinajstić information content (AvgIpc) is 3.89. The number of benzene rings is 10. The molecule has 0 amide bonds. The molecule has 61 heavy (non-hydrogen) atoms. The summed E-state index contributed by atoms with van der Waals surface area (Å²) in [4.78, 5) is 2.38. The maximum absolute atomic E-state index is 6.80. The van der Waals surface area contributed by atoms with Gasteiger partial charge in [-0.15, -0.1) is 0 Å². The Bertz CT molecular complexity index is 3520. The highest BCUT2D eigenvalue weighted by molar-refractivity contribution is 6.21. The maximum atomic E-state index is 6.80. The zero-order valence-corrected chi connectivity index (χ0v) is 33.2. The van der Waals surface area contributed by atoms with Gasteiger partial charge in [0.05, 0.1) is 22.4 Å². The first-order chi connectivity index (χ1) is 30.3. The van der Waals surface area contributed by atoms with Crippen LogP contribution >= 0.6 is 0 Å². The van der Waals surface area contributed by atoms with Crippen LogP contribution in [0.3, 0.4) is 0 Å². The van der Waals surface area contributed by atoms with Crippen LogP contribution in [0.15, 0.2) is 235 Å². The van der Waals surface area contributed by atoms with Crippen molar-refractivity contribution in [1.29, 1.82) is 0 Å². The summed E-state index contributed by atoms with van der Waals surface area (Å²) in [6, 6.07) is 82.8. The normalized spacial score (nSPS) is 11.6. The lowest BCUT2D eigenvalue weighted by molar-refractivity contribution is 0.670. The summed E-state index contributed by atoms with van der Waals surface area (Å²) < 4.78 is 9.21. The van der Waals surface area contributed by atoms with Crippen LogP contribution in [0.2, 0.25) is 0 Å². The third-order valence-electron chi connectivity index (χ3n) is 12.2. The van der Waals surface area contributed by atoms with Gasteiger partial charge in [-0.3, -0.25) is 0 Å². The Balaban J connectivity index is 1.02. The van der Waals surface area contributed by atoms with Crippen LogP contribution in [-0.2, 0) is 0 Å². The van der Waals surface area contributed by atoms with E-state index in [4.69, 9.17) is 4.42 Å². The molecule has 10 aromatic carbocycles. The molecule has 0 atom stereocenters. The van der Waals surface area contributed by atoms with Crippen LogP contribution in [-0.4, -0.2) is 4.57 Å². The molecule has 0 aliphatic heterocycles. The van der Waals surface area contributed by atoms with Gasteiger partial charge in [0.2, 0.25) is 0 Å². The van der Waals surface area contributed by atoms with E-state index in [1.807, 2.05) is 0 Å². The van der Waals surface area contributed by atoms with Crippen molar-refractivity contribution >= 4 is 71.6 Å². The van der Waals surface area contributed by atoms with E-state index in [9.17, 15) is 0 Å². The monoisotopic (exact) mass is 778 g/mol. The van der Waals surface area contributed by atoms with Gasteiger partial charge in [-0.2, -0.15) is 0 Å². The van der Waals surface area contributed by atoms with E-state index < -0.39 is 0 Å². The fourth-order valence-electron chi connectivity index (χ4n) is 9.42. The van der Waals surface area contributed by atoms with Crippen molar-refractivity contribution in [2.45, 2.75) is 0 Å². The molecule has 0 N–H and O–H groups in total. The van der Waals surface area contributed by atoms with Gasteiger partial charge in [0.1, 0.15) is 11.2 Å². The van der Waals surface area contributed by atoms with Crippen molar-refractivity contribution in [3.8, 4) is 39.1 Å². The molecule has 2 heterocycles. The minimum absolute atomic E-state index is 0.887. The second kappa shape index (κ2) is 14.3. The number of hydrogen-bond acceptors (Lipinski definition) is 2. The number of fused-ring (bicyclic) bond motifs is 8. The predicted molar refractivity (Wildman–Crippen MR) is 257 cm³/mol. The van der Waals surface area contributed by atoms with Crippen molar-refractivity contribution in [3.63, 3.8) is 0 Å². The van der Waals surface area contributed by atoms with E-state index in [2.05, 4.69) is 240 Å². The summed E-state index contributed by atoms with van der Waals surface area (Å²) in [5, 5.41) is 7.17. The van der Waals surface area contributed by atoms with Crippen LogP contribution in [0.4, 0.5) is 17.1 Å². The third-order valence-corrected chi connectivity index (χ3v) is 12.2. The quantitative estimate of drug-likeness (QED) is 0.161. The van der Waals surface area contributed by atoms with Crippen LogP contribution in [0.1, 0.15) is 0 Å². The van der Waals surface area contributed by atoms with Gasteiger partial charge in [-0.25, -0.2) is 0 Å². The Morgan fingerprint density at radius 1 is 0.344 bits per heavy atom. The van der Waals surface area contributed by atoms with E-state index in [1.165, 1.54) is 49.3 Å². The molecule has 0 fully saturated rings. The zero-order chi connectivity index (χ0) is 40.3. The molecule has 3 nitrogen and oxygen atoms in total. The molecular formula is C58H38N2O. The van der Waals surface area contributed by atoms with E-state index >= 15 is 0 Å². The lowest BCUT2D eigenvalue weighted by Gasteiger charge is -2.28. The van der Waals surface area contributed by atoms with E-state index in [1.54, 1.807) is 0 Å². The maximum Gasteiger partial charge on any atom is 0.143 e. The SMILES string of the molecule is c1ccc(-c2ccc(N(c3ccc(-c4ccccc4-n4c5ccccc5c5ccccc54)cc3)c3ccccc3-c3cccc4c3oc3ccc5ccccc5c34)cc2)cc1. The topological polar surface area (TPSA) is 21.3 Å². The number of aromatic nitrogens is 1. The molecule has 3 heteroatoms. The Morgan fingerprint density at radius 3 is 1.62 bits per heavy atom. The largest absolute Gasteiger partial charge is 0.455 e. The molecule has 0 radical (unpaired) electrons. The predicted octanol–water partition coefficient (Wildman–Crippen LogP) is 16.3. The molecule has 0 spiro atoms. The minimum atomic E-state index is 0.887. The molecule has 0 saturated carbocycles. The minimum Gasteiger partial charge on any atom is -0.455 e. The number of anilines is 3. The summed E-state index contributed by atoms with van der Waals surface area (Å²) in [6.07, 6.45) is 0. The highest BCUT2D eigenvalue weighted by Gasteiger charge is 2.22. The van der Waals surface area contributed by atoms with Crippen molar-refractivity contribution in [2.75, 3.05) is 4.90 Å². The second-order valence-electron chi connectivity index (χ2n) is 15.6. The highest BCUT2D eigenvalue weighted by atomic mass is 16.3. The molecule has 2 aromatic heterocycles. The van der Waals surface area contributed by atoms with Crippen LogP contribution in [0.5, 0.6) is 0 Å². The van der Waals surface area contributed by atoms with Gasteiger partial charge >= 0.3 is 0 Å². The summed E-state index contributed by atoms with van der Waals surface area (Å²) >= 11 is 0. The molecule has 0 saturated heterocycles. The van der Waals surface area contributed by atoms with Crippen molar-refractivity contribution in [1.82, 2.24) is 4.57 Å². The molecular weight excluding hydrogens is 741 g/mol. The summed E-state index contributed by atoms with van der Waals surface area (Å²) in [5.74, 6) is 0. The number of furan rings is 1. The molecule has 0 unspecified atom stereocenters. The summed E-state index contributed by atoms with van der Waals surface area (Å²) in [7, 11) is 0. The fourth-order valence-corrected chi connectivity index (χ4v) is 9.42. The molecule has 0 bridgehead atoms. The van der Waals surface area contributed by atoms with E-state index in [-0.39, 0.29) is 0 Å². The standard InChI is InChI=1S/C58H38N2O/c1-2-15-39(16-3-1)40-29-34-43(35-30-40)59(53-26-11-9-22-49(53)50-23-14-24-51-57-46-19-5-4-17-41(46)33-38-56(57)61-58(50)51)44-36-31-42(32-37-44)45-18-6-10-25-52(45)60-54-27-12-7-20-47(54)48-21-8-13-28-55(48)60/h1-38H. The lowest BCUT2D eigenvalue weighted by atomic mass is 9.97. The van der Waals surface area contributed by atoms with Crippen LogP contribution < -0.4 is 4.90 Å². The van der Waals surface area contributed by atoms with Crippen molar-refractivity contribution in [2.24, 2.45) is 0 Å². The third kappa shape index (κ3) is 5.74. The molecule has 12 aromatic rings. The van der Waals surface area contributed by atoms with Crippen molar-refractivity contribution < 1.29 is 4.42 Å². The first-order valence-electron chi connectivity index (χ1n) is 20.8. The number of para-hydroxylation sites is 5. The van der Waals surface area contributed by atoms with Gasteiger partial charge in [0.15, 0.2) is 0 Å². The fraction of sp³-hybridized carbons (Fsp3) is 0. The van der Waals surface area contributed by atoms with Crippen molar-refractivity contribution in [3.05, 3.63) is 231 Å². The average molecular weight is 779 g/mol. The summed E-state index contributed by atoms with van der Waals surface area (Å²) in [6.45, 7) is 0. The Hall–Kier alpha value is -8.14. The highest BCUT2D eigenvalue weighted by Crippen LogP contribution is 2.46. The van der Waals surface area contributed by atoms with Gasteiger partial charge in [-0.05, 0) is 82.1 Å². The molecule has 0 aliphatic carbocycles. The number of rotatable bonds is 7. The second-order valence-corrected chi connectivity index (χ2v) is 15.6.